The van der Waals surface area contributed by atoms with E-state index in [2.05, 4.69) is 5.32 Å². The van der Waals surface area contributed by atoms with Gasteiger partial charge in [0.2, 0.25) is 0 Å². The molecule has 0 saturated carbocycles. The van der Waals surface area contributed by atoms with Gasteiger partial charge < -0.3 is 5.32 Å². The number of nitrogens with one attached hydrogen (secondary N) is 1. The van der Waals surface area contributed by atoms with Crippen molar-refractivity contribution in [3.63, 3.8) is 0 Å². The van der Waals surface area contributed by atoms with Crippen LogP contribution in [0, 0.1) is 11.7 Å². The van der Waals surface area contributed by atoms with Gasteiger partial charge in [-0.05, 0) is 25.0 Å². The van der Waals surface area contributed by atoms with E-state index in [0.717, 1.165) is 18.6 Å². The van der Waals surface area contributed by atoms with Gasteiger partial charge in [0.1, 0.15) is 4.90 Å². The molecule has 2 unspecified atom stereocenters. The molecule has 0 fully saturated rings. The van der Waals surface area contributed by atoms with Gasteiger partial charge in [-0.15, -0.1) is 0 Å². The molecule has 0 spiro atoms. The summed E-state index contributed by atoms with van der Waals surface area (Å²) in [5.74, 6) is -1.75. The molecule has 0 heterocycles. The first kappa shape index (κ1) is 18.2. The molecule has 1 aromatic carbocycles. The fourth-order valence-electron chi connectivity index (χ4n) is 1.69. The summed E-state index contributed by atoms with van der Waals surface area (Å²) in [7, 11) is 0.804. The minimum Gasteiger partial charge on any atom is -0.349 e. The zero-order valence-electron chi connectivity index (χ0n) is 11.8. The van der Waals surface area contributed by atoms with Gasteiger partial charge in [0.25, 0.3) is 15.0 Å². The van der Waals surface area contributed by atoms with Gasteiger partial charge in [-0.3, -0.25) is 4.79 Å². The lowest BCUT2D eigenvalue weighted by Gasteiger charge is -2.20. The van der Waals surface area contributed by atoms with Crippen LogP contribution in [-0.2, 0) is 9.05 Å². The van der Waals surface area contributed by atoms with E-state index < -0.39 is 31.2 Å². The van der Waals surface area contributed by atoms with Crippen LogP contribution in [0.4, 0.5) is 4.39 Å². The molecule has 0 aliphatic heterocycles. The quantitative estimate of drug-likeness (QED) is 0.821. The van der Waals surface area contributed by atoms with Crippen molar-refractivity contribution in [3.05, 3.63) is 28.5 Å². The van der Waals surface area contributed by atoms with Crippen LogP contribution in [0.15, 0.2) is 17.0 Å². The second-order valence-corrected chi connectivity index (χ2v) is 7.82. The van der Waals surface area contributed by atoms with E-state index in [1.807, 2.05) is 13.8 Å². The predicted octanol–water partition coefficient (Wildman–Crippen LogP) is 3.57. The number of benzene rings is 1. The molecule has 21 heavy (non-hydrogen) atoms. The Hall–Kier alpha value is -0.850. The SMILES string of the molecule is CCC(C)C(C)NC(=O)c1cc(Cl)cc(S(=O)(=O)Cl)c1F. The van der Waals surface area contributed by atoms with Gasteiger partial charge in [0.15, 0.2) is 5.82 Å². The molecule has 1 rings (SSSR count). The minimum atomic E-state index is -4.33. The standard InChI is InChI=1S/C13H16Cl2FNO3S/c1-4-7(2)8(3)17-13(18)10-5-9(14)6-11(12(10)16)21(15,19)20/h5-8H,4H2,1-3H3,(H,17,18). The number of carbonyl (C=O) groups is 1. The lowest BCUT2D eigenvalue weighted by atomic mass is 10.0. The maximum Gasteiger partial charge on any atom is 0.264 e. The number of hydrogen-bond donors (Lipinski definition) is 1. The van der Waals surface area contributed by atoms with Gasteiger partial charge in [-0.1, -0.05) is 31.9 Å². The van der Waals surface area contributed by atoms with Crippen molar-refractivity contribution in [1.82, 2.24) is 5.32 Å². The highest BCUT2D eigenvalue weighted by Crippen LogP contribution is 2.26. The Morgan fingerprint density at radius 1 is 1.38 bits per heavy atom. The summed E-state index contributed by atoms with van der Waals surface area (Å²) in [6, 6.07) is 1.74. The number of halogens is 3. The van der Waals surface area contributed by atoms with Crippen molar-refractivity contribution in [3.8, 4) is 0 Å². The third-order valence-corrected chi connectivity index (χ3v) is 4.91. The summed E-state index contributed by atoms with van der Waals surface area (Å²) in [5, 5.41) is 2.53. The van der Waals surface area contributed by atoms with Crippen LogP contribution in [0.5, 0.6) is 0 Å². The summed E-state index contributed by atoms with van der Waals surface area (Å²) < 4.78 is 36.7. The maximum absolute atomic E-state index is 14.1. The average molecular weight is 356 g/mol. The van der Waals surface area contributed by atoms with Crippen LogP contribution < -0.4 is 5.32 Å². The van der Waals surface area contributed by atoms with Crippen molar-refractivity contribution >= 4 is 37.2 Å². The van der Waals surface area contributed by atoms with E-state index in [-0.39, 0.29) is 17.0 Å². The highest BCUT2D eigenvalue weighted by molar-refractivity contribution is 8.13. The van der Waals surface area contributed by atoms with E-state index >= 15 is 0 Å². The summed E-state index contributed by atoms with van der Waals surface area (Å²) in [4.78, 5) is 11.3. The molecule has 0 radical (unpaired) electrons. The first-order chi connectivity index (χ1) is 9.57. The zero-order valence-corrected chi connectivity index (χ0v) is 14.1. The van der Waals surface area contributed by atoms with Crippen molar-refractivity contribution in [2.75, 3.05) is 0 Å². The minimum absolute atomic E-state index is 0.0861. The molecule has 0 aromatic heterocycles. The Labute approximate surface area is 133 Å². The Kier molecular flexibility index (Phi) is 6.01. The smallest absolute Gasteiger partial charge is 0.264 e. The highest BCUT2D eigenvalue weighted by Gasteiger charge is 2.25. The van der Waals surface area contributed by atoms with Crippen molar-refractivity contribution in [2.45, 2.75) is 38.1 Å². The molecular formula is C13H16Cl2FNO3S. The second-order valence-electron chi connectivity index (χ2n) is 4.85. The second kappa shape index (κ2) is 6.94. The monoisotopic (exact) mass is 355 g/mol. The Morgan fingerprint density at radius 3 is 2.43 bits per heavy atom. The summed E-state index contributed by atoms with van der Waals surface area (Å²) in [6.07, 6.45) is 0.834. The number of hydrogen-bond acceptors (Lipinski definition) is 3. The fraction of sp³-hybridized carbons (Fsp3) is 0.462. The van der Waals surface area contributed by atoms with E-state index in [1.165, 1.54) is 0 Å². The number of rotatable bonds is 5. The van der Waals surface area contributed by atoms with Gasteiger partial charge in [-0.25, -0.2) is 12.8 Å². The average Bonchev–Trinajstić information content (AvgIpc) is 2.38. The van der Waals surface area contributed by atoms with Crippen LogP contribution in [0.1, 0.15) is 37.6 Å². The van der Waals surface area contributed by atoms with E-state index in [1.54, 1.807) is 6.92 Å². The van der Waals surface area contributed by atoms with Crippen LogP contribution in [0.2, 0.25) is 5.02 Å². The number of carbonyl (C=O) groups excluding carboxylic acids is 1. The molecule has 4 nitrogen and oxygen atoms in total. The van der Waals surface area contributed by atoms with E-state index in [9.17, 15) is 17.6 Å². The molecule has 1 amide bonds. The zero-order chi connectivity index (χ0) is 16.4. The number of amides is 1. The van der Waals surface area contributed by atoms with Gasteiger partial charge in [-0.2, -0.15) is 0 Å². The third kappa shape index (κ3) is 4.56. The maximum atomic E-state index is 14.1. The molecular weight excluding hydrogens is 340 g/mol. The molecule has 8 heteroatoms. The van der Waals surface area contributed by atoms with Crippen LogP contribution in [-0.4, -0.2) is 20.4 Å². The molecule has 0 saturated heterocycles. The van der Waals surface area contributed by atoms with Crippen molar-refractivity contribution in [2.24, 2.45) is 5.92 Å². The lowest BCUT2D eigenvalue weighted by molar-refractivity contribution is 0.0923. The van der Waals surface area contributed by atoms with Crippen LogP contribution in [0.25, 0.3) is 0 Å². The fourth-order valence-corrected chi connectivity index (χ4v) is 2.90. The van der Waals surface area contributed by atoms with E-state index in [4.69, 9.17) is 22.3 Å². The van der Waals surface area contributed by atoms with Crippen LogP contribution in [0.3, 0.4) is 0 Å². The summed E-state index contributed by atoms with van der Waals surface area (Å²) in [6.45, 7) is 5.69. The van der Waals surface area contributed by atoms with Gasteiger partial charge in [0.05, 0.1) is 5.56 Å². The summed E-state index contributed by atoms with van der Waals surface area (Å²) in [5.41, 5.74) is -0.447. The van der Waals surface area contributed by atoms with Crippen molar-refractivity contribution < 1.29 is 17.6 Å². The lowest BCUT2D eigenvalue weighted by Crippen LogP contribution is -2.37. The third-order valence-electron chi connectivity index (χ3n) is 3.37. The first-order valence-corrected chi connectivity index (χ1v) is 9.01. The molecule has 1 N–H and O–H groups in total. The Morgan fingerprint density at radius 2 is 1.95 bits per heavy atom. The summed E-state index contributed by atoms with van der Waals surface area (Å²) >= 11 is 5.73. The Balaban J connectivity index is 3.20. The molecule has 0 aliphatic carbocycles. The van der Waals surface area contributed by atoms with E-state index in [0.29, 0.717) is 0 Å². The highest BCUT2D eigenvalue weighted by atomic mass is 35.7. The normalized spacial score (nSPS) is 14.6. The van der Waals surface area contributed by atoms with Gasteiger partial charge >= 0.3 is 0 Å². The van der Waals surface area contributed by atoms with Crippen molar-refractivity contribution in [1.29, 1.82) is 0 Å². The van der Waals surface area contributed by atoms with Gasteiger partial charge in [0, 0.05) is 21.7 Å². The molecule has 0 aliphatic rings. The van der Waals surface area contributed by atoms with Crippen LogP contribution >= 0.6 is 22.3 Å². The molecule has 0 bridgehead atoms. The predicted molar refractivity (Wildman–Crippen MR) is 80.8 cm³/mol. The largest absolute Gasteiger partial charge is 0.349 e. The topological polar surface area (TPSA) is 63.2 Å². The molecule has 118 valence electrons. The Bertz CT molecular complexity index is 649. The molecule has 1 aromatic rings. The molecule has 2 atom stereocenters. The first-order valence-electron chi connectivity index (χ1n) is 6.32.